The van der Waals surface area contributed by atoms with Gasteiger partial charge in [0.1, 0.15) is 0 Å². The van der Waals surface area contributed by atoms with E-state index in [2.05, 4.69) is 54.7 Å². The van der Waals surface area contributed by atoms with Gasteiger partial charge in [0.15, 0.2) is 0 Å². The molecule has 1 fully saturated rings. The Morgan fingerprint density at radius 3 is 2.52 bits per heavy atom. The van der Waals surface area contributed by atoms with Crippen molar-refractivity contribution in [2.24, 2.45) is 0 Å². The van der Waals surface area contributed by atoms with E-state index in [1.165, 1.54) is 21.9 Å². The number of fused-ring (bicyclic) bond motifs is 1. The lowest BCUT2D eigenvalue weighted by Crippen LogP contribution is -2.29. The Bertz CT molecular complexity index is 947. The normalized spacial score (nSPS) is 20.6. The SMILES string of the molecule is C[C@@H](NC1CC[C@@H](c2ccc([N+](=O)[O-])cc2)C1)c1cccc2ccccc12. The second kappa shape index (κ2) is 7.49. The Balaban J connectivity index is 1.44. The van der Waals surface area contributed by atoms with E-state index < -0.39 is 0 Å². The van der Waals surface area contributed by atoms with Crippen molar-refractivity contribution in [2.75, 3.05) is 0 Å². The first-order valence-corrected chi connectivity index (χ1v) is 9.60. The van der Waals surface area contributed by atoms with Crippen LogP contribution in [0, 0.1) is 10.1 Å². The molecule has 3 aromatic carbocycles. The molecule has 0 radical (unpaired) electrons. The van der Waals surface area contributed by atoms with Crippen LogP contribution >= 0.6 is 0 Å². The van der Waals surface area contributed by atoms with Crippen LogP contribution in [0.15, 0.2) is 66.7 Å². The van der Waals surface area contributed by atoms with Crippen molar-refractivity contribution in [1.82, 2.24) is 5.32 Å². The third-order valence-electron chi connectivity index (χ3n) is 5.78. The maximum Gasteiger partial charge on any atom is 0.269 e. The number of nitrogens with one attached hydrogen (secondary N) is 1. The summed E-state index contributed by atoms with van der Waals surface area (Å²) in [5.74, 6) is 0.475. The van der Waals surface area contributed by atoms with Crippen molar-refractivity contribution in [3.8, 4) is 0 Å². The molecule has 4 nitrogen and oxygen atoms in total. The van der Waals surface area contributed by atoms with Gasteiger partial charge in [-0.1, -0.05) is 54.6 Å². The molecule has 1 aliphatic carbocycles. The molecule has 0 bridgehead atoms. The molecule has 0 spiro atoms. The Hall–Kier alpha value is -2.72. The Labute approximate surface area is 159 Å². The summed E-state index contributed by atoms with van der Waals surface area (Å²) in [6.45, 7) is 2.24. The molecule has 0 aromatic heterocycles. The number of nitro groups is 1. The van der Waals surface area contributed by atoms with Gasteiger partial charge >= 0.3 is 0 Å². The molecule has 1 saturated carbocycles. The van der Waals surface area contributed by atoms with E-state index in [9.17, 15) is 10.1 Å². The Kier molecular flexibility index (Phi) is 4.90. The molecule has 27 heavy (non-hydrogen) atoms. The van der Waals surface area contributed by atoms with Gasteiger partial charge in [-0.05, 0) is 54.0 Å². The molecule has 0 amide bonds. The average molecular weight is 360 g/mol. The van der Waals surface area contributed by atoms with Crippen LogP contribution in [0.5, 0.6) is 0 Å². The fourth-order valence-corrected chi connectivity index (χ4v) is 4.38. The minimum absolute atomic E-state index is 0.163. The van der Waals surface area contributed by atoms with Crippen molar-refractivity contribution in [2.45, 2.75) is 44.2 Å². The summed E-state index contributed by atoms with van der Waals surface area (Å²) in [6.07, 6.45) is 3.33. The summed E-state index contributed by atoms with van der Waals surface area (Å²) in [6, 6.07) is 22.9. The molecule has 0 saturated heterocycles. The van der Waals surface area contributed by atoms with E-state index >= 15 is 0 Å². The zero-order valence-electron chi connectivity index (χ0n) is 15.5. The maximum atomic E-state index is 10.8. The summed E-state index contributed by atoms with van der Waals surface area (Å²) in [7, 11) is 0. The molecule has 1 aliphatic rings. The lowest BCUT2D eigenvalue weighted by molar-refractivity contribution is -0.384. The monoisotopic (exact) mass is 360 g/mol. The standard InChI is InChI=1S/C23H24N2O2/c1-16(22-8-4-6-18-5-2-3-7-23(18)22)24-20-12-9-19(15-20)17-10-13-21(14-11-17)25(26)27/h2-8,10-11,13-14,16,19-20,24H,9,12,15H2,1H3/t16-,19-,20?/m1/s1. The van der Waals surface area contributed by atoms with Crippen LogP contribution in [0.4, 0.5) is 5.69 Å². The minimum Gasteiger partial charge on any atom is -0.307 e. The molecule has 4 heteroatoms. The largest absolute Gasteiger partial charge is 0.307 e. The van der Waals surface area contributed by atoms with Crippen molar-refractivity contribution in [3.05, 3.63) is 88.0 Å². The summed E-state index contributed by atoms with van der Waals surface area (Å²) < 4.78 is 0. The fourth-order valence-electron chi connectivity index (χ4n) is 4.38. The predicted octanol–water partition coefficient (Wildman–Crippen LogP) is 5.73. The number of nitrogens with zero attached hydrogens (tertiary/aromatic N) is 1. The fraction of sp³-hybridized carbons (Fsp3) is 0.304. The van der Waals surface area contributed by atoms with Crippen molar-refractivity contribution >= 4 is 16.5 Å². The molecule has 0 aliphatic heterocycles. The van der Waals surface area contributed by atoms with Gasteiger partial charge in [0.25, 0.3) is 5.69 Å². The minimum atomic E-state index is -0.339. The van der Waals surface area contributed by atoms with E-state index in [1.807, 2.05) is 12.1 Å². The second-order valence-corrected chi connectivity index (χ2v) is 7.51. The van der Waals surface area contributed by atoms with E-state index in [0.29, 0.717) is 12.0 Å². The molecule has 1 N–H and O–H groups in total. The van der Waals surface area contributed by atoms with Gasteiger partial charge in [-0.3, -0.25) is 10.1 Å². The van der Waals surface area contributed by atoms with Gasteiger partial charge in [-0.2, -0.15) is 0 Å². The number of non-ortho nitro benzene ring substituents is 1. The average Bonchev–Trinajstić information content (AvgIpc) is 3.16. The third-order valence-corrected chi connectivity index (χ3v) is 5.78. The zero-order chi connectivity index (χ0) is 18.8. The topological polar surface area (TPSA) is 55.2 Å². The summed E-state index contributed by atoms with van der Waals surface area (Å²) in [4.78, 5) is 10.5. The van der Waals surface area contributed by atoms with Crippen LogP contribution in [0.25, 0.3) is 10.8 Å². The highest BCUT2D eigenvalue weighted by molar-refractivity contribution is 5.86. The van der Waals surface area contributed by atoms with Crippen LogP contribution in [0.3, 0.4) is 0 Å². The van der Waals surface area contributed by atoms with Gasteiger partial charge in [0, 0.05) is 24.2 Å². The summed E-state index contributed by atoms with van der Waals surface area (Å²) >= 11 is 0. The molecular formula is C23H24N2O2. The smallest absolute Gasteiger partial charge is 0.269 e. The van der Waals surface area contributed by atoms with Crippen molar-refractivity contribution in [1.29, 1.82) is 0 Å². The van der Waals surface area contributed by atoms with Crippen LogP contribution in [-0.2, 0) is 0 Å². The summed E-state index contributed by atoms with van der Waals surface area (Å²) in [5, 5.41) is 17.2. The van der Waals surface area contributed by atoms with Gasteiger partial charge < -0.3 is 5.32 Å². The highest BCUT2D eigenvalue weighted by Gasteiger charge is 2.27. The Morgan fingerprint density at radius 1 is 1.00 bits per heavy atom. The molecule has 0 heterocycles. The second-order valence-electron chi connectivity index (χ2n) is 7.51. The molecule has 4 rings (SSSR count). The number of nitro benzene ring substituents is 1. The van der Waals surface area contributed by atoms with Gasteiger partial charge in [0.05, 0.1) is 4.92 Å². The molecule has 1 unspecified atom stereocenters. The van der Waals surface area contributed by atoms with Crippen LogP contribution in [-0.4, -0.2) is 11.0 Å². The molecule has 138 valence electrons. The first kappa shape index (κ1) is 17.7. The lowest BCUT2D eigenvalue weighted by atomic mass is 9.96. The van der Waals surface area contributed by atoms with Gasteiger partial charge in [0.2, 0.25) is 0 Å². The Morgan fingerprint density at radius 2 is 1.74 bits per heavy atom. The van der Waals surface area contributed by atoms with Crippen molar-refractivity contribution in [3.63, 3.8) is 0 Å². The van der Waals surface area contributed by atoms with Crippen LogP contribution in [0.2, 0.25) is 0 Å². The first-order chi connectivity index (χ1) is 13.1. The zero-order valence-corrected chi connectivity index (χ0v) is 15.5. The highest BCUT2D eigenvalue weighted by atomic mass is 16.6. The van der Waals surface area contributed by atoms with E-state index in [1.54, 1.807) is 12.1 Å². The number of hydrogen-bond donors (Lipinski definition) is 1. The van der Waals surface area contributed by atoms with E-state index in [-0.39, 0.29) is 16.7 Å². The number of benzene rings is 3. The van der Waals surface area contributed by atoms with Gasteiger partial charge in [-0.15, -0.1) is 0 Å². The highest BCUT2D eigenvalue weighted by Crippen LogP contribution is 2.36. The first-order valence-electron chi connectivity index (χ1n) is 9.60. The third kappa shape index (κ3) is 3.71. The predicted molar refractivity (Wildman–Crippen MR) is 109 cm³/mol. The van der Waals surface area contributed by atoms with E-state index in [4.69, 9.17) is 0 Å². The van der Waals surface area contributed by atoms with Crippen LogP contribution in [0.1, 0.15) is 49.3 Å². The maximum absolute atomic E-state index is 10.8. The molecule has 3 aromatic rings. The van der Waals surface area contributed by atoms with Crippen molar-refractivity contribution < 1.29 is 4.92 Å². The quantitative estimate of drug-likeness (QED) is 0.466. The number of rotatable bonds is 5. The van der Waals surface area contributed by atoms with E-state index in [0.717, 1.165) is 19.3 Å². The summed E-state index contributed by atoms with van der Waals surface area (Å²) in [5.41, 5.74) is 2.71. The molecular weight excluding hydrogens is 336 g/mol. The molecule has 3 atom stereocenters. The lowest BCUT2D eigenvalue weighted by Gasteiger charge is -2.21. The van der Waals surface area contributed by atoms with Gasteiger partial charge in [-0.25, -0.2) is 0 Å². The van der Waals surface area contributed by atoms with Crippen LogP contribution < -0.4 is 5.32 Å². The number of hydrogen-bond acceptors (Lipinski definition) is 3.